The predicted molar refractivity (Wildman–Crippen MR) is 98.2 cm³/mol. The van der Waals surface area contributed by atoms with Gasteiger partial charge in [-0.15, -0.1) is 0 Å². The molecule has 0 unspecified atom stereocenters. The molecule has 0 spiro atoms. The number of methoxy groups -OCH3 is 1. The second-order valence-corrected chi connectivity index (χ2v) is 6.20. The van der Waals surface area contributed by atoms with E-state index in [1.807, 2.05) is 37.3 Å². The molecular weight excluding hydrogens is 348 g/mol. The highest BCUT2D eigenvalue weighted by molar-refractivity contribution is 5.92. The van der Waals surface area contributed by atoms with Crippen molar-refractivity contribution in [3.05, 3.63) is 60.2 Å². The average molecular weight is 370 g/mol. The summed E-state index contributed by atoms with van der Waals surface area (Å²) in [4.78, 5) is 25.0. The number of carbonyl (C=O) groups excluding carboxylic acids is 2. The van der Waals surface area contributed by atoms with Crippen molar-refractivity contribution in [1.29, 1.82) is 0 Å². The zero-order valence-electron chi connectivity index (χ0n) is 15.5. The van der Waals surface area contributed by atoms with Gasteiger partial charge in [-0.3, -0.25) is 4.79 Å². The number of ether oxygens (including phenoxy) is 3. The third-order valence-electron chi connectivity index (χ3n) is 4.53. The Morgan fingerprint density at radius 2 is 1.70 bits per heavy atom. The molecule has 0 N–H and O–H groups in total. The molecule has 2 aromatic rings. The van der Waals surface area contributed by atoms with Gasteiger partial charge in [0.1, 0.15) is 17.6 Å². The van der Waals surface area contributed by atoms with Gasteiger partial charge >= 0.3 is 6.09 Å². The molecule has 2 aromatic carbocycles. The highest BCUT2D eigenvalue weighted by atomic mass is 16.6. The van der Waals surface area contributed by atoms with Gasteiger partial charge in [0.2, 0.25) is 0 Å². The number of nitrogens with zero attached hydrogens (tertiary/aromatic N) is 2. The van der Waals surface area contributed by atoms with Gasteiger partial charge in [0.25, 0.3) is 5.91 Å². The van der Waals surface area contributed by atoms with Gasteiger partial charge in [0, 0.05) is 7.05 Å². The molecule has 3 rings (SSSR count). The first-order valence-electron chi connectivity index (χ1n) is 8.59. The molecule has 1 saturated heterocycles. The molecule has 27 heavy (non-hydrogen) atoms. The molecule has 0 radical (unpaired) electrons. The van der Waals surface area contributed by atoms with Crippen LogP contribution in [-0.2, 0) is 9.53 Å². The van der Waals surface area contributed by atoms with Crippen molar-refractivity contribution < 1.29 is 23.8 Å². The van der Waals surface area contributed by atoms with Crippen LogP contribution in [0.4, 0.5) is 4.79 Å². The van der Waals surface area contributed by atoms with E-state index in [1.54, 1.807) is 43.4 Å². The molecule has 1 fully saturated rings. The fraction of sp³-hybridized carbons (Fsp3) is 0.300. The first-order valence-corrected chi connectivity index (χ1v) is 8.59. The van der Waals surface area contributed by atoms with Crippen LogP contribution in [0.25, 0.3) is 0 Å². The fourth-order valence-corrected chi connectivity index (χ4v) is 2.91. The number of imide groups is 1. The van der Waals surface area contributed by atoms with Gasteiger partial charge in [-0.25, -0.2) is 9.80 Å². The number of amides is 2. The molecule has 7 heteroatoms. The maximum absolute atomic E-state index is 12.5. The van der Waals surface area contributed by atoms with Crippen molar-refractivity contribution >= 4 is 12.0 Å². The molecule has 7 nitrogen and oxygen atoms in total. The zero-order chi connectivity index (χ0) is 19.4. The minimum Gasteiger partial charge on any atom is -0.497 e. The van der Waals surface area contributed by atoms with E-state index < -0.39 is 18.1 Å². The molecule has 0 bridgehead atoms. The summed E-state index contributed by atoms with van der Waals surface area (Å²) in [5.74, 6) is 0.692. The normalized spacial score (nSPS) is 20.1. The second-order valence-electron chi connectivity index (χ2n) is 6.20. The number of cyclic esters (lactones) is 1. The van der Waals surface area contributed by atoms with Crippen LogP contribution in [0.5, 0.6) is 11.5 Å². The third-order valence-corrected chi connectivity index (χ3v) is 4.53. The number of hydrogen-bond donors (Lipinski definition) is 0. The number of rotatable bonds is 5. The lowest BCUT2D eigenvalue weighted by molar-refractivity contribution is -0.164. The molecule has 1 aliphatic heterocycles. The Hall–Kier alpha value is -3.06. The van der Waals surface area contributed by atoms with Crippen LogP contribution >= 0.6 is 0 Å². The number of hydrogen-bond acceptors (Lipinski definition) is 6. The van der Waals surface area contributed by atoms with Crippen molar-refractivity contribution in [3.8, 4) is 11.5 Å². The summed E-state index contributed by atoms with van der Waals surface area (Å²) in [7, 11) is 3.26. The van der Waals surface area contributed by atoms with Crippen LogP contribution < -0.4 is 9.47 Å². The standard InChI is InChI=1S/C20H22N2O5/c1-14-19(15-7-5-4-6-8-15)27-20(24)22(21(14)2)18(23)13-26-17-11-9-16(25-3)10-12-17/h4-12,14,19H,13H2,1-3H3/t14-,19-/m0/s1. The van der Waals surface area contributed by atoms with Crippen molar-refractivity contribution in [3.63, 3.8) is 0 Å². The van der Waals surface area contributed by atoms with E-state index in [4.69, 9.17) is 14.2 Å². The highest BCUT2D eigenvalue weighted by Gasteiger charge is 2.41. The van der Waals surface area contributed by atoms with Crippen molar-refractivity contribution in [2.45, 2.75) is 19.1 Å². The van der Waals surface area contributed by atoms with Crippen LogP contribution in [0.15, 0.2) is 54.6 Å². The van der Waals surface area contributed by atoms with Gasteiger partial charge in [0.15, 0.2) is 6.61 Å². The van der Waals surface area contributed by atoms with E-state index in [-0.39, 0.29) is 12.6 Å². The Bertz CT molecular complexity index is 794. The first-order chi connectivity index (χ1) is 13.0. The maximum Gasteiger partial charge on any atom is 0.432 e. The smallest absolute Gasteiger partial charge is 0.432 e. The predicted octanol–water partition coefficient (Wildman–Crippen LogP) is 3.03. The van der Waals surface area contributed by atoms with E-state index in [0.29, 0.717) is 11.5 Å². The molecule has 142 valence electrons. The van der Waals surface area contributed by atoms with Crippen LogP contribution in [0.1, 0.15) is 18.6 Å². The summed E-state index contributed by atoms with van der Waals surface area (Å²) in [6.45, 7) is 1.61. The lowest BCUT2D eigenvalue weighted by atomic mass is 10.0. The van der Waals surface area contributed by atoms with E-state index in [0.717, 1.165) is 10.6 Å². The maximum atomic E-state index is 12.5. The van der Waals surface area contributed by atoms with Gasteiger partial charge in [-0.1, -0.05) is 30.3 Å². The minimum atomic E-state index is -0.715. The quantitative estimate of drug-likeness (QED) is 0.806. The molecule has 0 aromatic heterocycles. The summed E-state index contributed by atoms with van der Waals surface area (Å²) in [5.41, 5.74) is 0.881. The number of likely N-dealkylation sites (N-methyl/N-ethyl adjacent to an activating group) is 1. The van der Waals surface area contributed by atoms with Crippen molar-refractivity contribution in [1.82, 2.24) is 10.0 Å². The Labute approximate surface area is 158 Å². The lowest BCUT2D eigenvalue weighted by Gasteiger charge is -2.42. The number of benzene rings is 2. The van der Waals surface area contributed by atoms with Gasteiger partial charge < -0.3 is 14.2 Å². The Kier molecular flexibility index (Phi) is 5.61. The molecule has 1 heterocycles. The van der Waals surface area contributed by atoms with Crippen molar-refractivity contribution in [2.75, 3.05) is 20.8 Å². The van der Waals surface area contributed by atoms with E-state index in [1.165, 1.54) is 0 Å². The van der Waals surface area contributed by atoms with E-state index in [2.05, 4.69) is 0 Å². The molecule has 2 amide bonds. The summed E-state index contributed by atoms with van der Waals surface area (Å²) >= 11 is 0. The summed E-state index contributed by atoms with van der Waals surface area (Å²) in [6.07, 6.45) is -1.16. The Morgan fingerprint density at radius 1 is 1.07 bits per heavy atom. The topological polar surface area (TPSA) is 68.3 Å². The largest absolute Gasteiger partial charge is 0.497 e. The van der Waals surface area contributed by atoms with Crippen LogP contribution in [0.2, 0.25) is 0 Å². The monoisotopic (exact) mass is 370 g/mol. The first kappa shape index (κ1) is 18.7. The Morgan fingerprint density at radius 3 is 2.33 bits per heavy atom. The van der Waals surface area contributed by atoms with Gasteiger partial charge in [-0.2, -0.15) is 5.01 Å². The van der Waals surface area contributed by atoms with E-state index in [9.17, 15) is 9.59 Å². The second kappa shape index (κ2) is 8.09. The molecule has 2 atom stereocenters. The molecular formula is C20H22N2O5. The summed E-state index contributed by atoms with van der Waals surface area (Å²) in [6, 6.07) is 16.1. The summed E-state index contributed by atoms with van der Waals surface area (Å²) in [5, 5.41) is 2.57. The summed E-state index contributed by atoms with van der Waals surface area (Å²) < 4.78 is 16.1. The van der Waals surface area contributed by atoms with Crippen LogP contribution in [0, 0.1) is 0 Å². The fourth-order valence-electron chi connectivity index (χ4n) is 2.91. The molecule has 0 aliphatic carbocycles. The van der Waals surface area contributed by atoms with Crippen LogP contribution in [-0.4, -0.2) is 48.8 Å². The third kappa shape index (κ3) is 4.03. The Balaban J connectivity index is 1.65. The number of carbonyl (C=O) groups is 2. The number of hydrazine groups is 1. The van der Waals surface area contributed by atoms with Crippen LogP contribution in [0.3, 0.4) is 0 Å². The van der Waals surface area contributed by atoms with Crippen molar-refractivity contribution in [2.24, 2.45) is 0 Å². The van der Waals surface area contributed by atoms with E-state index >= 15 is 0 Å². The molecule has 1 aliphatic rings. The average Bonchev–Trinajstić information content (AvgIpc) is 2.70. The van der Waals surface area contributed by atoms with Gasteiger partial charge in [0.05, 0.1) is 13.2 Å². The lowest BCUT2D eigenvalue weighted by Crippen LogP contribution is -2.59. The SMILES string of the molecule is COc1ccc(OCC(=O)N2C(=O)O[C@H](c3ccccc3)[C@H](C)N2C)cc1. The zero-order valence-corrected chi connectivity index (χ0v) is 15.5. The molecule has 0 saturated carbocycles. The minimum absolute atomic E-state index is 0.213. The highest BCUT2D eigenvalue weighted by Crippen LogP contribution is 2.30. The van der Waals surface area contributed by atoms with Gasteiger partial charge in [-0.05, 0) is 36.8 Å².